The zero-order valence-electron chi connectivity index (χ0n) is 14.3. The van der Waals surface area contributed by atoms with Crippen molar-refractivity contribution in [2.75, 3.05) is 13.2 Å². The molecular weight excluding hydrogens is 306 g/mol. The van der Waals surface area contributed by atoms with Crippen LogP contribution in [0.25, 0.3) is 0 Å². The predicted octanol–water partition coefficient (Wildman–Crippen LogP) is 3.03. The van der Waals surface area contributed by atoms with Crippen LogP contribution in [0.3, 0.4) is 0 Å². The number of carboxylic acid groups (broad SMARTS) is 1. The Bertz CT molecular complexity index is 537. The molecule has 1 atom stereocenters. The number of rotatable bonds is 10. The lowest BCUT2D eigenvalue weighted by Gasteiger charge is -2.24. The van der Waals surface area contributed by atoms with E-state index in [0.29, 0.717) is 25.4 Å². The minimum atomic E-state index is -0.886. The minimum Gasteiger partial charge on any atom is -0.494 e. The van der Waals surface area contributed by atoms with Crippen molar-refractivity contribution in [1.29, 1.82) is 0 Å². The quantitative estimate of drug-likeness (QED) is 0.690. The first-order valence-electron chi connectivity index (χ1n) is 8.79. The highest BCUT2D eigenvalue weighted by Gasteiger charge is 2.21. The summed E-state index contributed by atoms with van der Waals surface area (Å²) in [7, 11) is 0. The second-order valence-corrected chi connectivity index (χ2v) is 6.46. The van der Waals surface area contributed by atoms with Gasteiger partial charge in [-0.2, -0.15) is 0 Å². The third kappa shape index (κ3) is 5.87. The summed E-state index contributed by atoms with van der Waals surface area (Å²) in [5.74, 6) is -0.0779. The van der Waals surface area contributed by atoms with E-state index >= 15 is 0 Å². The van der Waals surface area contributed by atoms with E-state index in [0.717, 1.165) is 17.7 Å². The second kappa shape index (κ2) is 9.30. The van der Waals surface area contributed by atoms with Gasteiger partial charge in [0.25, 0.3) is 0 Å². The summed E-state index contributed by atoms with van der Waals surface area (Å²) >= 11 is 0. The number of benzene rings is 1. The number of amides is 1. The van der Waals surface area contributed by atoms with E-state index in [9.17, 15) is 14.7 Å². The van der Waals surface area contributed by atoms with Crippen molar-refractivity contribution in [1.82, 2.24) is 5.32 Å². The van der Waals surface area contributed by atoms with E-state index in [1.54, 1.807) is 0 Å². The standard InChI is InChI=1S/C19H27NO4/c1-2-24-17-9-6-15(7-10-17)12-16(19(22)23)13-20-18(21)11-8-14-4-3-5-14/h6-7,9-10,14,16H,2-5,8,11-13H2,1H3,(H,20,21)(H,22,23). The van der Waals surface area contributed by atoms with Gasteiger partial charge in [0.1, 0.15) is 5.75 Å². The summed E-state index contributed by atoms with van der Waals surface area (Å²) in [6.45, 7) is 2.69. The van der Waals surface area contributed by atoms with Crippen LogP contribution in [0.15, 0.2) is 24.3 Å². The van der Waals surface area contributed by atoms with Crippen molar-refractivity contribution in [3.05, 3.63) is 29.8 Å². The second-order valence-electron chi connectivity index (χ2n) is 6.46. The Morgan fingerprint density at radius 3 is 2.54 bits per heavy atom. The Balaban J connectivity index is 1.78. The monoisotopic (exact) mass is 333 g/mol. The summed E-state index contributed by atoms with van der Waals surface area (Å²) in [6.07, 6.45) is 5.54. The molecule has 0 saturated heterocycles. The van der Waals surface area contributed by atoms with Gasteiger partial charge in [-0.25, -0.2) is 0 Å². The maximum absolute atomic E-state index is 11.9. The number of carbonyl (C=O) groups excluding carboxylic acids is 1. The average molecular weight is 333 g/mol. The molecule has 0 bridgehead atoms. The summed E-state index contributed by atoms with van der Waals surface area (Å²) in [5.41, 5.74) is 0.926. The lowest BCUT2D eigenvalue weighted by atomic mass is 9.82. The molecule has 5 nitrogen and oxygen atoms in total. The predicted molar refractivity (Wildman–Crippen MR) is 92.0 cm³/mol. The maximum atomic E-state index is 11.9. The molecule has 5 heteroatoms. The number of carboxylic acids is 1. The van der Waals surface area contributed by atoms with Crippen molar-refractivity contribution in [2.45, 2.75) is 45.4 Å². The van der Waals surface area contributed by atoms with Crippen LogP contribution in [-0.2, 0) is 16.0 Å². The highest BCUT2D eigenvalue weighted by atomic mass is 16.5. The molecule has 1 aliphatic carbocycles. The van der Waals surface area contributed by atoms with E-state index in [2.05, 4.69) is 5.32 Å². The lowest BCUT2D eigenvalue weighted by molar-refractivity contribution is -0.141. The van der Waals surface area contributed by atoms with Gasteiger partial charge in [-0.1, -0.05) is 31.4 Å². The van der Waals surface area contributed by atoms with Gasteiger partial charge in [0, 0.05) is 13.0 Å². The van der Waals surface area contributed by atoms with E-state index in [1.165, 1.54) is 19.3 Å². The highest BCUT2D eigenvalue weighted by molar-refractivity contribution is 5.77. The number of nitrogens with one attached hydrogen (secondary N) is 1. The van der Waals surface area contributed by atoms with Gasteiger partial charge in [-0.05, 0) is 43.4 Å². The van der Waals surface area contributed by atoms with Crippen LogP contribution in [0, 0.1) is 11.8 Å². The highest BCUT2D eigenvalue weighted by Crippen LogP contribution is 2.30. The summed E-state index contributed by atoms with van der Waals surface area (Å²) in [5, 5.41) is 12.2. The SMILES string of the molecule is CCOc1ccc(CC(CNC(=O)CCC2CCC2)C(=O)O)cc1. The zero-order valence-corrected chi connectivity index (χ0v) is 14.3. The average Bonchev–Trinajstić information content (AvgIpc) is 2.51. The molecule has 1 aromatic carbocycles. The van der Waals surface area contributed by atoms with Gasteiger partial charge in [0.15, 0.2) is 0 Å². The Morgan fingerprint density at radius 1 is 1.29 bits per heavy atom. The third-order valence-corrected chi connectivity index (χ3v) is 4.62. The number of hydrogen-bond acceptors (Lipinski definition) is 3. The van der Waals surface area contributed by atoms with E-state index in [-0.39, 0.29) is 12.5 Å². The molecule has 2 rings (SSSR count). The van der Waals surface area contributed by atoms with Crippen LogP contribution in [0.2, 0.25) is 0 Å². The van der Waals surface area contributed by atoms with E-state index in [4.69, 9.17) is 4.74 Å². The molecule has 1 saturated carbocycles. The van der Waals surface area contributed by atoms with Crippen molar-refractivity contribution in [3.8, 4) is 5.75 Å². The molecule has 1 aromatic rings. The number of ether oxygens (including phenoxy) is 1. The van der Waals surface area contributed by atoms with Gasteiger partial charge < -0.3 is 15.2 Å². The van der Waals surface area contributed by atoms with Crippen LogP contribution >= 0.6 is 0 Å². The third-order valence-electron chi connectivity index (χ3n) is 4.62. The Morgan fingerprint density at radius 2 is 2.00 bits per heavy atom. The maximum Gasteiger partial charge on any atom is 0.308 e. The van der Waals surface area contributed by atoms with Crippen LogP contribution in [0.1, 0.15) is 44.6 Å². The molecule has 24 heavy (non-hydrogen) atoms. The fraction of sp³-hybridized carbons (Fsp3) is 0.579. The van der Waals surface area contributed by atoms with Gasteiger partial charge >= 0.3 is 5.97 Å². The Hall–Kier alpha value is -2.04. The van der Waals surface area contributed by atoms with Crippen LogP contribution < -0.4 is 10.1 Å². The van der Waals surface area contributed by atoms with Crippen molar-refractivity contribution < 1.29 is 19.4 Å². The molecule has 1 aliphatic rings. The molecular formula is C19H27NO4. The summed E-state index contributed by atoms with van der Waals surface area (Å²) in [6, 6.07) is 7.43. The Labute approximate surface area is 143 Å². The lowest BCUT2D eigenvalue weighted by Crippen LogP contribution is -2.34. The van der Waals surface area contributed by atoms with Gasteiger partial charge in [0.2, 0.25) is 5.91 Å². The van der Waals surface area contributed by atoms with Gasteiger partial charge in [-0.3, -0.25) is 9.59 Å². The molecule has 0 heterocycles. The normalized spacial score (nSPS) is 15.4. The topological polar surface area (TPSA) is 75.6 Å². The van der Waals surface area contributed by atoms with E-state index < -0.39 is 11.9 Å². The van der Waals surface area contributed by atoms with Crippen LogP contribution in [-0.4, -0.2) is 30.1 Å². The number of aliphatic carboxylic acids is 1. The van der Waals surface area contributed by atoms with Crippen molar-refractivity contribution >= 4 is 11.9 Å². The van der Waals surface area contributed by atoms with Crippen molar-refractivity contribution in [2.24, 2.45) is 11.8 Å². The van der Waals surface area contributed by atoms with Crippen molar-refractivity contribution in [3.63, 3.8) is 0 Å². The van der Waals surface area contributed by atoms with Crippen LogP contribution in [0.4, 0.5) is 0 Å². The Kier molecular flexibility index (Phi) is 7.09. The van der Waals surface area contributed by atoms with Crippen LogP contribution in [0.5, 0.6) is 5.75 Å². The molecule has 2 N–H and O–H groups in total. The molecule has 0 spiro atoms. The molecule has 1 fully saturated rings. The molecule has 132 valence electrons. The smallest absolute Gasteiger partial charge is 0.308 e. The molecule has 0 aromatic heterocycles. The molecule has 1 unspecified atom stereocenters. The first-order valence-corrected chi connectivity index (χ1v) is 8.79. The van der Waals surface area contributed by atoms with E-state index in [1.807, 2.05) is 31.2 Å². The van der Waals surface area contributed by atoms with Gasteiger partial charge in [-0.15, -0.1) is 0 Å². The summed E-state index contributed by atoms with van der Waals surface area (Å²) in [4.78, 5) is 23.3. The van der Waals surface area contributed by atoms with Gasteiger partial charge in [0.05, 0.1) is 12.5 Å². The molecule has 0 radical (unpaired) electrons. The first kappa shape index (κ1) is 18.3. The number of hydrogen-bond donors (Lipinski definition) is 2. The minimum absolute atomic E-state index is 0.0418. The first-order chi connectivity index (χ1) is 11.6. The molecule has 1 amide bonds. The summed E-state index contributed by atoms with van der Waals surface area (Å²) < 4.78 is 5.38. The fourth-order valence-corrected chi connectivity index (χ4v) is 2.86. The molecule has 0 aliphatic heterocycles. The fourth-order valence-electron chi connectivity index (χ4n) is 2.86. The number of carbonyl (C=O) groups is 2. The zero-order chi connectivity index (χ0) is 17.4. The largest absolute Gasteiger partial charge is 0.494 e.